The summed E-state index contributed by atoms with van der Waals surface area (Å²) in [5.41, 5.74) is 1.69. The Morgan fingerprint density at radius 3 is 2.39 bits per heavy atom. The maximum atomic E-state index is 12.0. The summed E-state index contributed by atoms with van der Waals surface area (Å²) in [6.07, 6.45) is 2.95. The number of rotatable bonds is 6. The number of nitrogens with one attached hydrogen (secondary N) is 1. The van der Waals surface area contributed by atoms with Crippen LogP contribution in [0.2, 0.25) is 0 Å². The molecule has 0 radical (unpaired) electrons. The first-order valence-corrected chi connectivity index (χ1v) is 9.41. The van der Waals surface area contributed by atoms with Crippen LogP contribution in [0.15, 0.2) is 24.3 Å². The molecule has 0 atom stereocenters. The Balaban J connectivity index is 2.07. The molecule has 1 amide bonds. The summed E-state index contributed by atoms with van der Waals surface area (Å²) in [5, 5.41) is 2.49. The van der Waals surface area contributed by atoms with E-state index >= 15 is 0 Å². The second-order valence-corrected chi connectivity index (χ2v) is 7.37. The molecule has 128 valence electrons. The van der Waals surface area contributed by atoms with Gasteiger partial charge >= 0.3 is 6.09 Å². The molecule has 1 aromatic rings. The van der Waals surface area contributed by atoms with Gasteiger partial charge in [-0.15, -0.1) is 0 Å². The number of hydrogen-bond acceptors (Lipinski definition) is 5. The average Bonchev–Trinajstić information content (AvgIpc) is 3.04. The van der Waals surface area contributed by atoms with E-state index in [0.717, 1.165) is 25.0 Å². The van der Waals surface area contributed by atoms with Crippen LogP contribution in [0, 0.1) is 0 Å². The summed E-state index contributed by atoms with van der Waals surface area (Å²) in [6, 6.07) is 7.47. The van der Waals surface area contributed by atoms with Gasteiger partial charge in [0.25, 0.3) is 0 Å². The number of amides is 1. The van der Waals surface area contributed by atoms with Gasteiger partial charge in [-0.2, -0.15) is 0 Å². The highest BCUT2D eigenvalue weighted by atomic mass is 32.2. The molecule has 1 fully saturated rings. The Hall–Kier alpha value is -1.96. The van der Waals surface area contributed by atoms with Crippen LogP contribution < -0.4 is 14.5 Å². The molecule has 1 aliphatic heterocycles. The van der Waals surface area contributed by atoms with Crippen molar-refractivity contribution < 1.29 is 17.9 Å². The van der Waals surface area contributed by atoms with Gasteiger partial charge in [0.1, 0.15) is 0 Å². The first-order chi connectivity index (χ1) is 10.9. The third kappa shape index (κ3) is 4.75. The Kier molecular flexibility index (Phi) is 5.70. The summed E-state index contributed by atoms with van der Waals surface area (Å²) in [6.45, 7) is 2.40. The Labute approximate surface area is 137 Å². The molecule has 7 nitrogen and oxygen atoms in total. The number of carbonyl (C=O) groups excluding carboxylic acids is 1. The Morgan fingerprint density at radius 2 is 1.87 bits per heavy atom. The van der Waals surface area contributed by atoms with E-state index in [1.54, 1.807) is 12.1 Å². The van der Waals surface area contributed by atoms with Crippen LogP contribution in [0.25, 0.3) is 0 Å². The van der Waals surface area contributed by atoms with Gasteiger partial charge in [0.2, 0.25) is 10.0 Å². The zero-order valence-corrected chi connectivity index (χ0v) is 14.3. The largest absolute Gasteiger partial charge is 0.453 e. The van der Waals surface area contributed by atoms with Gasteiger partial charge in [0, 0.05) is 25.3 Å². The Morgan fingerprint density at radius 1 is 1.26 bits per heavy atom. The molecule has 0 unspecified atom stereocenters. The van der Waals surface area contributed by atoms with E-state index in [9.17, 15) is 13.2 Å². The van der Waals surface area contributed by atoms with E-state index in [-0.39, 0.29) is 13.1 Å². The highest BCUT2D eigenvalue weighted by Crippen LogP contribution is 2.24. The van der Waals surface area contributed by atoms with Crippen LogP contribution >= 0.6 is 0 Å². The average molecular weight is 341 g/mol. The first-order valence-electron chi connectivity index (χ1n) is 7.56. The number of ether oxygens (including phenoxy) is 1. The quantitative estimate of drug-likeness (QED) is 0.846. The second-order valence-electron chi connectivity index (χ2n) is 5.46. The van der Waals surface area contributed by atoms with Gasteiger partial charge in [-0.05, 0) is 37.1 Å². The lowest BCUT2D eigenvalue weighted by molar-refractivity contribution is 0.171. The fraction of sp³-hybridized carbons (Fsp3) is 0.533. The summed E-state index contributed by atoms with van der Waals surface area (Å²) in [7, 11) is -2.16. The van der Waals surface area contributed by atoms with E-state index in [0.29, 0.717) is 5.69 Å². The molecule has 1 aliphatic rings. The van der Waals surface area contributed by atoms with Crippen molar-refractivity contribution in [3.63, 3.8) is 0 Å². The van der Waals surface area contributed by atoms with Crippen LogP contribution in [-0.4, -0.2) is 54.1 Å². The highest BCUT2D eigenvalue weighted by molar-refractivity contribution is 7.92. The number of hydrogen-bond donors (Lipinski definition) is 1. The monoisotopic (exact) mass is 341 g/mol. The number of alkyl carbamates (subject to hydrolysis) is 1. The molecule has 0 saturated carbocycles. The fourth-order valence-corrected chi connectivity index (χ4v) is 3.55. The van der Waals surface area contributed by atoms with Gasteiger partial charge in [0.15, 0.2) is 0 Å². The highest BCUT2D eigenvalue weighted by Gasteiger charge is 2.18. The van der Waals surface area contributed by atoms with Crippen LogP contribution in [0.1, 0.15) is 12.8 Å². The second kappa shape index (κ2) is 7.54. The topological polar surface area (TPSA) is 79.0 Å². The van der Waals surface area contributed by atoms with Crippen molar-refractivity contribution in [3.05, 3.63) is 24.3 Å². The maximum Gasteiger partial charge on any atom is 0.406 e. The molecule has 8 heteroatoms. The molecule has 0 aliphatic carbocycles. The first kappa shape index (κ1) is 17.4. The molecule has 2 rings (SSSR count). The predicted molar refractivity (Wildman–Crippen MR) is 90.5 cm³/mol. The maximum absolute atomic E-state index is 12.0. The summed E-state index contributed by atoms with van der Waals surface area (Å²) in [5.74, 6) is 0. The van der Waals surface area contributed by atoms with E-state index in [1.165, 1.54) is 24.3 Å². The van der Waals surface area contributed by atoms with Crippen molar-refractivity contribution >= 4 is 27.5 Å². The number of sulfonamides is 1. The lowest BCUT2D eigenvalue weighted by atomic mass is 10.2. The molecule has 0 aromatic heterocycles. The molecule has 1 aromatic carbocycles. The smallest absolute Gasteiger partial charge is 0.406 e. The number of carbonyl (C=O) groups is 1. The Bertz CT molecular complexity index is 625. The van der Waals surface area contributed by atoms with Crippen LogP contribution in [0.4, 0.5) is 16.2 Å². The number of nitrogens with zero attached hydrogens (tertiary/aromatic N) is 2. The van der Waals surface area contributed by atoms with E-state index in [1.807, 2.05) is 12.1 Å². The fourth-order valence-electron chi connectivity index (χ4n) is 2.62. The summed E-state index contributed by atoms with van der Waals surface area (Å²) >= 11 is 0. The van der Waals surface area contributed by atoms with Gasteiger partial charge < -0.3 is 15.0 Å². The zero-order chi connectivity index (χ0) is 16.9. The van der Waals surface area contributed by atoms with Crippen molar-refractivity contribution in [2.45, 2.75) is 12.8 Å². The van der Waals surface area contributed by atoms with Crippen LogP contribution in [0.3, 0.4) is 0 Å². The normalized spacial score (nSPS) is 14.6. The summed E-state index contributed by atoms with van der Waals surface area (Å²) < 4.78 is 29.7. The van der Waals surface area contributed by atoms with Crippen molar-refractivity contribution in [3.8, 4) is 0 Å². The van der Waals surface area contributed by atoms with Crippen LogP contribution in [0.5, 0.6) is 0 Å². The van der Waals surface area contributed by atoms with E-state index < -0.39 is 16.1 Å². The minimum absolute atomic E-state index is 0.150. The molecule has 1 heterocycles. The number of anilines is 2. The third-order valence-corrected chi connectivity index (χ3v) is 4.97. The third-order valence-electron chi connectivity index (χ3n) is 3.78. The van der Waals surface area contributed by atoms with Crippen LogP contribution in [-0.2, 0) is 14.8 Å². The standard InChI is InChI=1S/C15H23N3O4S/c1-22-15(19)16-9-12-18(23(2,20)21)14-7-5-13(6-8-14)17-10-3-4-11-17/h5-8H,3-4,9-12H2,1-2H3,(H,16,19). The zero-order valence-electron chi connectivity index (χ0n) is 13.5. The molecular weight excluding hydrogens is 318 g/mol. The van der Waals surface area contributed by atoms with Gasteiger partial charge in [0.05, 0.1) is 25.6 Å². The van der Waals surface area contributed by atoms with Gasteiger partial charge in [-0.1, -0.05) is 0 Å². The molecule has 0 bridgehead atoms. The summed E-state index contributed by atoms with van der Waals surface area (Å²) in [4.78, 5) is 13.3. The predicted octanol–water partition coefficient (Wildman–Crippen LogP) is 1.41. The van der Waals surface area contributed by atoms with Gasteiger partial charge in [-0.25, -0.2) is 13.2 Å². The SMILES string of the molecule is COC(=O)NCCN(c1ccc(N2CCCC2)cc1)S(C)(=O)=O. The van der Waals surface area contributed by atoms with Gasteiger partial charge in [-0.3, -0.25) is 4.31 Å². The molecular formula is C15H23N3O4S. The molecule has 1 saturated heterocycles. The molecule has 1 N–H and O–H groups in total. The molecule has 0 spiro atoms. The van der Waals surface area contributed by atoms with E-state index in [4.69, 9.17) is 0 Å². The van der Waals surface area contributed by atoms with Crippen molar-refractivity contribution in [1.29, 1.82) is 0 Å². The van der Waals surface area contributed by atoms with Crippen molar-refractivity contribution in [2.24, 2.45) is 0 Å². The lowest BCUT2D eigenvalue weighted by Gasteiger charge is -2.24. The lowest BCUT2D eigenvalue weighted by Crippen LogP contribution is -2.38. The number of methoxy groups -OCH3 is 1. The minimum atomic E-state index is -3.43. The minimum Gasteiger partial charge on any atom is -0.453 e. The number of benzene rings is 1. The van der Waals surface area contributed by atoms with Crippen molar-refractivity contribution in [1.82, 2.24) is 5.32 Å². The molecule has 23 heavy (non-hydrogen) atoms. The van der Waals surface area contributed by atoms with Crippen molar-refractivity contribution in [2.75, 3.05) is 48.7 Å². The van der Waals surface area contributed by atoms with E-state index in [2.05, 4.69) is 15.0 Å².